The number of benzene rings is 1. The lowest BCUT2D eigenvalue weighted by atomic mass is 10.1. The van der Waals surface area contributed by atoms with Gasteiger partial charge in [-0.1, -0.05) is 13.8 Å². The summed E-state index contributed by atoms with van der Waals surface area (Å²) in [7, 11) is 1.89. The van der Waals surface area contributed by atoms with Gasteiger partial charge in [0.1, 0.15) is 0 Å². The van der Waals surface area contributed by atoms with Gasteiger partial charge in [-0.2, -0.15) is 0 Å². The second-order valence-corrected chi connectivity index (χ2v) is 7.84. The maximum absolute atomic E-state index is 12.9. The van der Waals surface area contributed by atoms with Gasteiger partial charge in [0.25, 0.3) is 0 Å². The topological polar surface area (TPSA) is 48.5 Å². The van der Waals surface area contributed by atoms with Crippen LogP contribution in [0.3, 0.4) is 0 Å². The maximum atomic E-state index is 12.9. The van der Waals surface area contributed by atoms with Crippen LogP contribution in [-0.4, -0.2) is 31.0 Å². The second kappa shape index (κ2) is 10.3. The molecule has 0 bridgehead atoms. The zero-order valence-electron chi connectivity index (χ0n) is 17.2. The smallest absolute Gasteiger partial charge is 0.227 e. The molecule has 0 aliphatic heterocycles. The number of nitrogens with one attached hydrogen (secondary N) is 1. The molecule has 1 amide bonds. The number of aromatic nitrogens is 1. The van der Waals surface area contributed by atoms with E-state index >= 15 is 0 Å². The summed E-state index contributed by atoms with van der Waals surface area (Å²) in [6, 6.07) is 7.99. The molecule has 0 saturated heterocycles. The quantitative estimate of drug-likeness (QED) is 0.622. The Labute approximate surface area is 167 Å². The monoisotopic (exact) mass is 388 g/mol. The highest BCUT2D eigenvalue weighted by atomic mass is 32.1. The SMILES string of the molecule is CCN(CC)c1nc(CN(C(=O)CCC(C)C)c2ccc(NC)cc2)cs1. The van der Waals surface area contributed by atoms with Crippen LogP contribution in [0, 0.1) is 5.92 Å². The Balaban J connectivity index is 2.22. The summed E-state index contributed by atoms with van der Waals surface area (Å²) in [5.74, 6) is 0.661. The number of hydrogen-bond acceptors (Lipinski definition) is 5. The number of nitrogens with zero attached hydrogens (tertiary/aromatic N) is 3. The number of rotatable bonds is 10. The molecule has 0 aliphatic carbocycles. The Kier molecular flexibility index (Phi) is 8.10. The van der Waals surface area contributed by atoms with Crippen molar-refractivity contribution in [3.8, 4) is 0 Å². The molecule has 1 N–H and O–H groups in total. The maximum Gasteiger partial charge on any atom is 0.227 e. The number of amides is 1. The van der Waals surface area contributed by atoms with Crippen molar-refractivity contribution >= 4 is 33.8 Å². The fourth-order valence-electron chi connectivity index (χ4n) is 2.85. The van der Waals surface area contributed by atoms with Crippen molar-refractivity contribution in [1.29, 1.82) is 0 Å². The minimum atomic E-state index is 0.151. The molecule has 2 aromatic rings. The highest BCUT2D eigenvalue weighted by Crippen LogP contribution is 2.25. The van der Waals surface area contributed by atoms with Crippen molar-refractivity contribution in [3.05, 3.63) is 35.3 Å². The van der Waals surface area contributed by atoms with Crippen LogP contribution in [0.15, 0.2) is 29.6 Å². The largest absolute Gasteiger partial charge is 0.388 e. The minimum absolute atomic E-state index is 0.151. The predicted molar refractivity (Wildman–Crippen MR) is 117 cm³/mol. The normalized spacial score (nSPS) is 10.9. The van der Waals surface area contributed by atoms with E-state index in [4.69, 9.17) is 4.98 Å². The van der Waals surface area contributed by atoms with E-state index in [0.717, 1.165) is 41.7 Å². The van der Waals surface area contributed by atoms with Crippen LogP contribution < -0.4 is 15.1 Å². The molecule has 6 heteroatoms. The van der Waals surface area contributed by atoms with E-state index in [1.54, 1.807) is 11.3 Å². The Morgan fingerprint density at radius 3 is 2.41 bits per heavy atom. The van der Waals surface area contributed by atoms with Crippen LogP contribution >= 0.6 is 11.3 Å². The van der Waals surface area contributed by atoms with Crippen molar-refractivity contribution in [2.24, 2.45) is 5.92 Å². The minimum Gasteiger partial charge on any atom is -0.388 e. The highest BCUT2D eigenvalue weighted by molar-refractivity contribution is 7.13. The zero-order chi connectivity index (χ0) is 19.8. The van der Waals surface area contributed by atoms with Crippen LogP contribution in [0.4, 0.5) is 16.5 Å². The van der Waals surface area contributed by atoms with Crippen LogP contribution in [0.2, 0.25) is 0 Å². The fourth-order valence-corrected chi connectivity index (χ4v) is 3.79. The molecule has 0 aliphatic rings. The van der Waals surface area contributed by atoms with Crippen molar-refractivity contribution < 1.29 is 4.79 Å². The molecular formula is C21H32N4OS. The average molecular weight is 389 g/mol. The summed E-state index contributed by atoms with van der Waals surface area (Å²) in [4.78, 5) is 21.8. The Morgan fingerprint density at radius 1 is 1.19 bits per heavy atom. The third-order valence-electron chi connectivity index (χ3n) is 4.60. The highest BCUT2D eigenvalue weighted by Gasteiger charge is 2.19. The van der Waals surface area contributed by atoms with E-state index < -0.39 is 0 Å². The van der Waals surface area contributed by atoms with Gasteiger partial charge in [0, 0.05) is 43.3 Å². The van der Waals surface area contributed by atoms with Gasteiger partial charge in [0.2, 0.25) is 5.91 Å². The first kappa shape index (κ1) is 21.2. The summed E-state index contributed by atoms with van der Waals surface area (Å²) in [5.41, 5.74) is 2.89. The van der Waals surface area contributed by atoms with Gasteiger partial charge in [-0.3, -0.25) is 4.79 Å². The van der Waals surface area contributed by atoms with Crippen molar-refractivity contribution in [3.63, 3.8) is 0 Å². The molecule has 0 radical (unpaired) electrons. The predicted octanol–water partition coefficient (Wildman–Crippen LogP) is 5.00. The third kappa shape index (κ3) is 5.96. The van der Waals surface area contributed by atoms with E-state index in [-0.39, 0.29) is 5.91 Å². The third-order valence-corrected chi connectivity index (χ3v) is 5.55. The summed E-state index contributed by atoms with van der Waals surface area (Å²) in [6.07, 6.45) is 1.45. The zero-order valence-corrected chi connectivity index (χ0v) is 18.0. The molecule has 0 saturated carbocycles. The standard InChI is InChI=1S/C21H32N4OS/c1-6-24(7-2)21-23-18(15-27-21)14-25(20(26)13-8-16(3)4)19-11-9-17(22-5)10-12-19/h9-12,15-16,22H,6-8,13-14H2,1-5H3. The van der Waals surface area contributed by atoms with Gasteiger partial charge < -0.3 is 15.1 Å². The molecule has 0 fully saturated rings. The summed E-state index contributed by atoms with van der Waals surface area (Å²) >= 11 is 1.65. The van der Waals surface area contributed by atoms with Gasteiger partial charge >= 0.3 is 0 Å². The van der Waals surface area contributed by atoms with Gasteiger partial charge in [0.15, 0.2) is 5.13 Å². The van der Waals surface area contributed by atoms with E-state index in [9.17, 15) is 4.79 Å². The molecule has 0 spiro atoms. The Bertz CT molecular complexity index is 707. The lowest BCUT2D eigenvalue weighted by Crippen LogP contribution is -2.30. The molecule has 27 heavy (non-hydrogen) atoms. The van der Waals surface area contributed by atoms with E-state index in [0.29, 0.717) is 18.9 Å². The molecule has 0 unspecified atom stereocenters. The lowest BCUT2D eigenvalue weighted by Gasteiger charge is -2.23. The number of anilines is 3. The van der Waals surface area contributed by atoms with E-state index in [2.05, 4.69) is 43.3 Å². The molecule has 0 atom stereocenters. The lowest BCUT2D eigenvalue weighted by molar-refractivity contribution is -0.119. The van der Waals surface area contributed by atoms with Crippen LogP contribution in [-0.2, 0) is 11.3 Å². The van der Waals surface area contributed by atoms with Crippen LogP contribution in [0.25, 0.3) is 0 Å². The first-order chi connectivity index (χ1) is 13.0. The van der Waals surface area contributed by atoms with Crippen molar-refractivity contribution in [1.82, 2.24) is 4.98 Å². The average Bonchev–Trinajstić information content (AvgIpc) is 3.14. The summed E-state index contributed by atoms with van der Waals surface area (Å²) < 4.78 is 0. The molecule has 1 heterocycles. The summed E-state index contributed by atoms with van der Waals surface area (Å²) in [6.45, 7) is 10.9. The molecule has 5 nitrogen and oxygen atoms in total. The van der Waals surface area contributed by atoms with Gasteiger partial charge in [-0.05, 0) is 50.5 Å². The fraction of sp³-hybridized carbons (Fsp3) is 0.524. The Morgan fingerprint density at radius 2 is 1.85 bits per heavy atom. The molecule has 148 valence electrons. The molecule has 1 aromatic heterocycles. The van der Waals surface area contributed by atoms with Gasteiger partial charge in [-0.25, -0.2) is 4.98 Å². The van der Waals surface area contributed by atoms with Gasteiger partial charge in [0.05, 0.1) is 12.2 Å². The van der Waals surface area contributed by atoms with Crippen LogP contribution in [0.1, 0.15) is 46.2 Å². The number of carbonyl (C=O) groups is 1. The molecular weight excluding hydrogens is 356 g/mol. The summed E-state index contributed by atoms with van der Waals surface area (Å²) in [5, 5.41) is 6.21. The molecule has 2 rings (SSSR count). The molecule has 1 aromatic carbocycles. The number of thiazole rings is 1. The second-order valence-electron chi connectivity index (χ2n) is 7.00. The van der Waals surface area contributed by atoms with E-state index in [1.807, 2.05) is 36.2 Å². The van der Waals surface area contributed by atoms with Gasteiger partial charge in [-0.15, -0.1) is 11.3 Å². The Hall–Kier alpha value is -2.08. The van der Waals surface area contributed by atoms with E-state index in [1.165, 1.54) is 0 Å². The van der Waals surface area contributed by atoms with Crippen molar-refractivity contribution in [2.75, 3.05) is 35.3 Å². The number of carbonyl (C=O) groups excluding carboxylic acids is 1. The first-order valence-corrected chi connectivity index (χ1v) is 10.6. The number of hydrogen-bond donors (Lipinski definition) is 1. The van der Waals surface area contributed by atoms with Crippen molar-refractivity contribution in [2.45, 2.75) is 47.1 Å². The van der Waals surface area contributed by atoms with Crippen LogP contribution in [0.5, 0.6) is 0 Å². The first-order valence-electron chi connectivity index (χ1n) is 9.75.